The number of hydrogen-bond donors (Lipinski definition) is 1. The number of likely N-dealkylation sites (N-methyl/N-ethyl adjacent to an activating group) is 1. The number of carbonyl (C=O) groups excluding carboxylic acids is 1. The maximum atomic E-state index is 12.1. The first-order valence-corrected chi connectivity index (χ1v) is 17.8. The second-order valence-electron chi connectivity index (χ2n) is 11.5. The summed E-state index contributed by atoms with van der Waals surface area (Å²) < 4.78 is 33.4. The van der Waals surface area contributed by atoms with Crippen LogP contribution >= 0.6 is 7.82 Å². The van der Waals surface area contributed by atoms with E-state index in [1.165, 1.54) is 6.92 Å². The second kappa shape index (κ2) is 29.1. The Balaban J connectivity index is 3.88. The van der Waals surface area contributed by atoms with Crippen LogP contribution in [0.3, 0.4) is 0 Å². The monoisotopic (exact) mass is 650 g/mol. The normalized spacial score (nSPS) is 15.2. The highest BCUT2D eigenvalue weighted by Gasteiger charge is 2.25. The van der Waals surface area contributed by atoms with Gasteiger partial charge in [0.2, 0.25) is 0 Å². The number of nitrogens with zero attached hydrogens (tertiary/aromatic N) is 1. The van der Waals surface area contributed by atoms with Crippen molar-refractivity contribution in [3.8, 4) is 0 Å². The van der Waals surface area contributed by atoms with Gasteiger partial charge in [0.25, 0.3) is 0 Å². The number of quaternary nitrogens is 1. The van der Waals surface area contributed by atoms with Crippen molar-refractivity contribution >= 4 is 13.8 Å². The van der Waals surface area contributed by atoms with Crippen molar-refractivity contribution in [3.63, 3.8) is 0 Å². The lowest BCUT2D eigenvalue weighted by Gasteiger charge is -2.24. The van der Waals surface area contributed by atoms with Crippen molar-refractivity contribution in [1.29, 1.82) is 0 Å². The lowest BCUT2D eigenvalue weighted by atomic mass is 10.2. The van der Waals surface area contributed by atoms with E-state index in [1.807, 2.05) is 21.1 Å². The molecule has 45 heavy (non-hydrogen) atoms. The predicted octanol–water partition coefficient (Wildman–Crippen LogP) is 8.59. The van der Waals surface area contributed by atoms with Crippen molar-refractivity contribution in [2.75, 3.05) is 54.1 Å². The minimum Gasteiger partial charge on any atom is -0.458 e. The van der Waals surface area contributed by atoms with Crippen LogP contribution in [0.2, 0.25) is 0 Å². The summed E-state index contributed by atoms with van der Waals surface area (Å²) in [6.45, 7) is 4.33. The van der Waals surface area contributed by atoms with Gasteiger partial charge in [0.05, 0.1) is 34.4 Å². The van der Waals surface area contributed by atoms with Crippen molar-refractivity contribution in [1.82, 2.24) is 0 Å². The van der Waals surface area contributed by atoms with Crippen LogP contribution < -0.4 is 0 Å². The Bertz CT molecular complexity index is 990. The molecule has 0 fully saturated rings. The zero-order chi connectivity index (χ0) is 33.5. The molecule has 0 saturated carbocycles. The van der Waals surface area contributed by atoms with E-state index in [0.29, 0.717) is 17.6 Å². The SMILES string of the molecule is CC/C=C\C/C=C\C/C=C\C/C=C\C/C=C\C/C=C\C/C=C\CCCCOCC(COP(=O)(O)OCC[N+](C)(C)C)OC(C)=O. The molecule has 0 aromatic carbocycles. The molecule has 0 aromatic rings. The number of phosphoric ester groups is 1. The van der Waals surface area contributed by atoms with Crippen LogP contribution in [0.15, 0.2) is 85.1 Å². The number of esters is 1. The number of phosphoric acid groups is 1. The van der Waals surface area contributed by atoms with Gasteiger partial charge in [-0.3, -0.25) is 13.8 Å². The van der Waals surface area contributed by atoms with Gasteiger partial charge in [0.15, 0.2) is 0 Å². The van der Waals surface area contributed by atoms with Gasteiger partial charge in [-0.25, -0.2) is 4.57 Å². The van der Waals surface area contributed by atoms with E-state index in [-0.39, 0.29) is 19.8 Å². The molecular weight excluding hydrogens is 589 g/mol. The lowest BCUT2D eigenvalue weighted by molar-refractivity contribution is -0.870. The van der Waals surface area contributed by atoms with Crippen molar-refractivity contribution in [3.05, 3.63) is 85.1 Å². The largest absolute Gasteiger partial charge is 0.472 e. The summed E-state index contributed by atoms with van der Waals surface area (Å²) in [6, 6.07) is 0. The highest BCUT2D eigenvalue weighted by molar-refractivity contribution is 7.47. The van der Waals surface area contributed by atoms with Crippen LogP contribution in [-0.2, 0) is 27.9 Å². The number of carbonyl (C=O) groups is 1. The molecule has 8 nitrogen and oxygen atoms in total. The van der Waals surface area contributed by atoms with E-state index >= 15 is 0 Å². The minimum atomic E-state index is -4.24. The summed E-state index contributed by atoms with van der Waals surface area (Å²) in [4.78, 5) is 21.3. The summed E-state index contributed by atoms with van der Waals surface area (Å²) in [7, 11) is 1.61. The van der Waals surface area contributed by atoms with Crippen molar-refractivity contribution in [2.45, 2.75) is 84.2 Å². The summed E-state index contributed by atoms with van der Waals surface area (Å²) in [5, 5.41) is 0. The third-order valence-electron chi connectivity index (χ3n) is 6.02. The lowest BCUT2D eigenvalue weighted by Crippen LogP contribution is -2.37. The molecule has 0 aliphatic rings. The molecule has 1 N–H and O–H groups in total. The van der Waals surface area contributed by atoms with E-state index in [9.17, 15) is 14.3 Å². The zero-order valence-electron chi connectivity index (χ0n) is 28.6. The number of rotatable bonds is 28. The summed E-state index contributed by atoms with van der Waals surface area (Å²) in [5.41, 5.74) is 0. The van der Waals surface area contributed by atoms with E-state index in [2.05, 4.69) is 92.0 Å². The van der Waals surface area contributed by atoms with Crippen LogP contribution in [-0.4, -0.2) is 75.6 Å². The van der Waals surface area contributed by atoms with E-state index in [4.69, 9.17) is 18.5 Å². The molecule has 0 rings (SSSR count). The van der Waals surface area contributed by atoms with Crippen LogP contribution in [0.4, 0.5) is 0 Å². The van der Waals surface area contributed by atoms with E-state index in [0.717, 1.165) is 64.2 Å². The molecule has 0 aliphatic heterocycles. The van der Waals surface area contributed by atoms with Crippen LogP contribution in [0.5, 0.6) is 0 Å². The highest BCUT2D eigenvalue weighted by Crippen LogP contribution is 2.43. The second-order valence-corrected chi connectivity index (χ2v) is 13.0. The number of allylic oxidation sites excluding steroid dienone is 14. The first-order valence-electron chi connectivity index (χ1n) is 16.3. The molecule has 9 heteroatoms. The molecule has 256 valence electrons. The maximum absolute atomic E-state index is 12.1. The summed E-state index contributed by atoms with van der Waals surface area (Å²) in [5.74, 6) is -0.511. The molecule has 0 saturated heterocycles. The quantitative estimate of drug-likeness (QED) is 0.0298. The average Bonchev–Trinajstić information content (AvgIpc) is 2.96. The van der Waals surface area contributed by atoms with Crippen molar-refractivity contribution < 1.29 is 37.3 Å². The fourth-order valence-corrected chi connectivity index (χ4v) is 4.33. The molecule has 0 aromatic heterocycles. The van der Waals surface area contributed by atoms with Crippen LogP contribution in [0.1, 0.15) is 78.1 Å². The van der Waals surface area contributed by atoms with Crippen molar-refractivity contribution in [2.24, 2.45) is 0 Å². The van der Waals surface area contributed by atoms with Gasteiger partial charge in [0, 0.05) is 13.5 Å². The summed E-state index contributed by atoms with van der Waals surface area (Å²) >= 11 is 0. The first kappa shape index (κ1) is 42.7. The molecule has 2 atom stereocenters. The smallest absolute Gasteiger partial charge is 0.458 e. The molecule has 0 amide bonds. The molecular formula is C36H61NO7P+. The molecule has 0 radical (unpaired) electrons. The number of unbranched alkanes of at least 4 members (excludes halogenated alkanes) is 2. The summed E-state index contributed by atoms with van der Waals surface area (Å²) in [6.07, 6.45) is 39.7. The van der Waals surface area contributed by atoms with Gasteiger partial charge in [-0.1, -0.05) is 92.0 Å². The zero-order valence-corrected chi connectivity index (χ0v) is 29.5. The third-order valence-corrected chi connectivity index (χ3v) is 7.01. The van der Waals surface area contributed by atoms with Gasteiger partial charge in [-0.05, 0) is 64.2 Å². The Morgan fingerprint density at radius 1 is 0.689 bits per heavy atom. The van der Waals surface area contributed by atoms with E-state index in [1.54, 1.807) is 0 Å². The minimum absolute atomic E-state index is 0.0713. The van der Waals surface area contributed by atoms with Gasteiger partial charge in [-0.15, -0.1) is 0 Å². The molecule has 0 aliphatic carbocycles. The standard InChI is InChI=1S/C36H60NO7P/c1-6-7-8-9-10-11-12-13-14-15-16-17-18-19-20-21-22-23-24-25-26-27-28-29-31-41-33-36(44-35(2)38)34-43-45(39,40)42-32-30-37(3,4)5/h7-8,10-11,13-14,16-17,19-20,22-23,25-26,36H,6,9,12,15,18,21,24,27-34H2,1-5H3/p+1/b8-7-,11-10-,14-13-,17-16-,20-19-,23-22-,26-25-. The van der Waals surface area contributed by atoms with Crippen LogP contribution in [0.25, 0.3) is 0 Å². The molecule has 0 heterocycles. The number of hydrogen-bond acceptors (Lipinski definition) is 6. The Morgan fingerprint density at radius 2 is 1.16 bits per heavy atom. The fourth-order valence-electron chi connectivity index (χ4n) is 3.59. The van der Waals surface area contributed by atoms with Gasteiger partial charge >= 0.3 is 13.8 Å². The van der Waals surface area contributed by atoms with Crippen LogP contribution in [0, 0.1) is 0 Å². The molecule has 0 spiro atoms. The van der Waals surface area contributed by atoms with Gasteiger partial charge in [0.1, 0.15) is 19.3 Å². The Kier molecular flexibility index (Phi) is 27.6. The fraction of sp³-hybridized carbons (Fsp3) is 0.583. The van der Waals surface area contributed by atoms with Gasteiger partial charge in [-0.2, -0.15) is 0 Å². The average molecular weight is 651 g/mol. The first-order chi connectivity index (χ1) is 21.6. The number of ether oxygens (including phenoxy) is 2. The Morgan fingerprint density at radius 3 is 1.60 bits per heavy atom. The Labute approximate surface area is 274 Å². The topological polar surface area (TPSA) is 91.3 Å². The van der Waals surface area contributed by atoms with E-state index < -0.39 is 19.9 Å². The highest BCUT2D eigenvalue weighted by atomic mass is 31.2. The molecule has 2 unspecified atom stereocenters. The molecule has 0 bridgehead atoms. The third kappa shape index (κ3) is 34.4. The van der Waals surface area contributed by atoms with Gasteiger partial charge < -0.3 is 18.9 Å². The predicted molar refractivity (Wildman–Crippen MR) is 187 cm³/mol. The maximum Gasteiger partial charge on any atom is 0.472 e. The Hall–Kier alpha value is -2.32.